The highest BCUT2D eigenvalue weighted by molar-refractivity contribution is 9.09. The van der Waals surface area contributed by atoms with Crippen molar-refractivity contribution in [2.45, 2.75) is 36.6 Å². The Kier molecular flexibility index (Phi) is 3.61. The number of benzene rings is 1. The van der Waals surface area contributed by atoms with Crippen molar-refractivity contribution in [1.82, 2.24) is 4.72 Å². The summed E-state index contributed by atoms with van der Waals surface area (Å²) < 4.78 is 27.2. The molecule has 0 atom stereocenters. The highest BCUT2D eigenvalue weighted by atomic mass is 79.9. The third-order valence-electron chi connectivity index (χ3n) is 3.25. The van der Waals surface area contributed by atoms with Crippen LogP contribution < -0.4 is 4.72 Å². The molecule has 0 aliphatic heterocycles. The highest BCUT2D eigenvalue weighted by Gasteiger charge is 2.39. The van der Waals surface area contributed by atoms with Gasteiger partial charge in [0.2, 0.25) is 10.0 Å². The van der Waals surface area contributed by atoms with E-state index in [0.29, 0.717) is 10.2 Å². The van der Waals surface area contributed by atoms with E-state index in [1.54, 1.807) is 12.1 Å². The fourth-order valence-corrected chi connectivity index (χ4v) is 4.27. The van der Waals surface area contributed by atoms with Crippen LogP contribution in [0.15, 0.2) is 29.2 Å². The summed E-state index contributed by atoms with van der Waals surface area (Å²) in [6, 6.07) is 6.93. The summed E-state index contributed by atoms with van der Waals surface area (Å²) in [4.78, 5) is 0.343. The van der Waals surface area contributed by atoms with Crippen LogP contribution in [-0.4, -0.2) is 19.3 Å². The van der Waals surface area contributed by atoms with Gasteiger partial charge in [0.1, 0.15) is 0 Å². The van der Waals surface area contributed by atoms with Crippen LogP contribution in [0, 0.1) is 6.92 Å². The lowest BCUT2D eigenvalue weighted by molar-refractivity contribution is 0.256. The lowest BCUT2D eigenvalue weighted by Gasteiger charge is -2.40. The second-order valence-corrected chi connectivity index (χ2v) is 6.93. The lowest BCUT2D eigenvalue weighted by Crippen LogP contribution is -2.54. The molecule has 3 nitrogen and oxygen atoms in total. The zero-order valence-electron chi connectivity index (χ0n) is 9.74. The molecule has 0 bridgehead atoms. The van der Waals surface area contributed by atoms with Gasteiger partial charge in [0.05, 0.1) is 4.90 Å². The summed E-state index contributed by atoms with van der Waals surface area (Å²) >= 11 is 3.39. The van der Waals surface area contributed by atoms with Crippen LogP contribution >= 0.6 is 15.9 Å². The lowest BCUT2D eigenvalue weighted by atomic mass is 9.80. The second kappa shape index (κ2) is 4.71. The van der Waals surface area contributed by atoms with Crippen molar-refractivity contribution in [2.75, 3.05) is 5.33 Å². The minimum absolute atomic E-state index is 0.274. The standard InChI is InChI=1S/C12H16BrNO2S/c1-10-3-5-11(6-4-10)17(15,16)14-12(9-13)7-2-8-12/h3-6,14H,2,7-9H2,1H3. The number of hydrogen-bond acceptors (Lipinski definition) is 2. The largest absolute Gasteiger partial charge is 0.241 e. The Morgan fingerprint density at radius 3 is 2.29 bits per heavy atom. The van der Waals surface area contributed by atoms with Gasteiger partial charge < -0.3 is 0 Å². The average molecular weight is 318 g/mol. The molecule has 1 saturated carbocycles. The topological polar surface area (TPSA) is 46.2 Å². The molecule has 94 valence electrons. The molecular formula is C12H16BrNO2S. The molecule has 5 heteroatoms. The van der Waals surface area contributed by atoms with Gasteiger partial charge in [-0.05, 0) is 38.3 Å². The number of halogens is 1. The van der Waals surface area contributed by atoms with E-state index >= 15 is 0 Å². The Morgan fingerprint density at radius 2 is 1.88 bits per heavy atom. The van der Waals surface area contributed by atoms with Gasteiger partial charge in [-0.2, -0.15) is 0 Å². The van der Waals surface area contributed by atoms with E-state index in [-0.39, 0.29) is 5.54 Å². The van der Waals surface area contributed by atoms with Gasteiger partial charge in [0.15, 0.2) is 0 Å². The maximum absolute atomic E-state index is 12.2. The van der Waals surface area contributed by atoms with Crippen LogP contribution in [0.2, 0.25) is 0 Å². The van der Waals surface area contributed by atoms with Crippen molar-refractivity contribution in [3.8, 4) is 0 Å². The highest BCUT2D eigenvalue weighted by Crippen LogP contribution is 2.34. The molecule has 0 saturated heterocycles. The molecule has 0 spiro atoms. The molecule has 0 heterocycles. The summed E-state index contributed by atoms with van der Waals surface area (Å²) in [5, 5.41) is 0.672. The minimum atomic E-state index is -3.39. The molecule has 17 heavy (non-hydrogen) atoms. The first-order valence-electron chi connectivity index (χ1n) is 5.64. The maximum Gasteiger partial charge on any atom is 0.241 e. The summed E-state index contributed by atoms with van der Waals surface area (Å²) in [6.45, 7) is 1.94. The quantitative estimate of drug-likeness (QED) is 0.868. The molecule has 1 aliphatic rings. The Balaban J connectivity index is 2.22. The Morgan fingerprint density at radius 1 is 1.29 bits per heavy atom. The van der Waals surface area contributed by atoms with E-state index in [2.05, 4.69) is 20.7 Å². The molecule has 2 rings (SSSR count). The fourth-order valence-electron chi connectivity index (χ4n) is 1.93. The summed E-state index contributed by atoms with van der Waals surface area (Å²) in [7, 11) is -3.39. The maximum atomic E-state index is 12.2. The number of rotatable bonds is 4. The van der Waals surface area contributed by atoms with Gasteiger partial charge in [-0.1, -0.05) is 33.6 Å². The number of alkyl halides is 1. The molecule has 0 radical (unpaired) electrons. The van der Waals surface area contributed by atoms with Gasteiger partial charge in [0, 0.05) is 10.9 Å². The van der Waals surface area contributed by atoms with Crippen molar-refractivity contribution in [1.29, 1.82) is 0 Å². The van der Waals surface area contributed by atoms with Gasteiger partial charge >= 0.3 is 0 Å². The predicted molar refractivity (Wildman–Crippen MR) is 71.9 cm³/mol. The fraction of sp³-hybridized carbons (Fsp3) is 0.500. The first-order chi connectivity index (χ1) is 7.97. The van der Waals surface area contributed by atoms with Gasteiger partial charge in [-0.3, -0.25) is 0 Å². The van der Waals surface area contributed by atoms with E-state index in [0.717, 1.165) is 24.8 Å². The second-order valence-electron chi connectivity index (χ2n) is 4.69. The Bertz CT molecular complexity index is 486. The predicted octanol–water partition coefficient (Wildman–Crippen LogP) is 2.59. The van der Waals surface area contributed by atoms with Crippen molar-refractivity contribution >= 4 is 26.0 Å². The third-order valence-corrected chi connectivity index (χ3v) is 5.92. The van der Waals surface area contributed by atoms with E-state index in [4.69, 9.17) is 0 Å². The van der Waals surface area contributed by atoms with E-state index in [9.17, 15) is 8.42 Å². The Hall–Kier alpha value is -0.390. The third kappa shape index (κ3) is 2.72. The molecule has 0 unspecified atom stereocenters. The summed E-state index contributed by atoms with van der Waals surface area (Å²) in [5.74, 6) is 0. The van der Waals surface area contributed by atoms with E-state index < -0.39 is 10.0 Å². The summed E-state index contributed by atoms with van der Waals surface area (Å²) in [5.41, 5.74) is 0.784. The smallest absolute Gasteiger partial charge is 0.207 e. The minimum Gasteiger partial charge on any atom is -0.207 e. The molecule has 1 aliphatic carbocycles. The van der Waals surface area contributed by atoms with Crippen LogP contribution in [0.4, 0.5) is 0 Å². The van der Waals surface area contributed by atoms with Gasteiger partial charge in [0.25, 0.3) is 0 Å². The molecular weight excluding hydrogens is 302 g/mol. The zero-order chi connectivity index (χ0) is 12.5. The average Bonchev–Trinajstić information content (AvgIpc) is 2.24. The first-order valence-corrected chi connectivity index (χ1v) is 8.25. The van der Waals surface area contributed by atoms with E-state index in [1.807, 2.05) is 19.1 Å². The molecule has 1 aromatic carbocycles. The normalized spacial score (nSPS) is 18.7. The van der Waals surface area contributed by atoms with Crippen molar-refractivity contribution in [3.63, 3.8) is 0 Å². The molecule has 0 aromatic heterocycles. The number of nitrogens with one attached hydrogen (secondary N) is 1. The number of hydrogen-bond donors (Lipinski definition) is 1. The molecule has 1 fully saturated rings. The van der Waals surface area contributed by atoms with Gasteiger partial charge in [-0.25, -0.2) is 13.1 Å². The number of aryl methyl sites for hydroxylation is 1. The van der Waals surface area contributed by atoms with Crippen molar-refractivity contribution in [2.24, 2.45) is 0 Å². The SMILES string of the molecule is Cc1ccc(S(=O)(=O)NC2(CBr)CCC2)cc1. The molecule has 1 N–H and O–H groups in total. The zero-order valence-corrected chi connectivity index (χ0v) is 12.1. The van der Waals surface area contributed by atoms with Crippen LogP contribution in [0.5, 0.6) is 0 Å². The monoisotopic (exact) mass is 317 g/mol. The van der Waals surface area contributed by atoms with Gasteiger partial charge in [-0.15, -0.1) is 0 Å². The van der Waals surface area contributed by atoms with Crippen LogP contribution in [0.3, 0.4) is 0 Å². The van der Waals surface area contributed by atoms with Crippen molar-refractivity contribution in [3.05, 3.63) is 29.8 Å². The number of sulfonamides is 1. The molecule has 1 aromatic rings. The molecule has 0 amide bonds. The summed E-state index contributed by atoms with van der Waals surface area (Å²) in [6.07, 6.45) is 2.90. The van der Waals surface area contributed by atoms with Crippen LogP contribution in [-0.2, 0) is 10.0 Å². The van der Waals surface area contributed by atoms with Crippen LogP contribution in [0.25, 0.3) is 0 Å². The van der Waals surface area contributed by atoms with Crippen molar-refractivity contribution < 1.29 is 8.42 Å². The van der Waals surface area contributed by atoms with E-state index in [1.165, 1.54) is 0 Å². The Labute approximate surface area is 111 Å². The van der Waals surface area contributed by atoms with Crippen LogP contribution in [0.1, 0.15) is 24.8 Å². The first kappa shape index (κ1) is 13.1.